The van der Waals surface area contributed by atoms with Crippen LogP contribution in [0.3, 0.4) is 0 Å². The van der Waals surface area contributed by atoms with E-state index in [1.165, 1.54) is 55.3 Å². The van der Waals surface area contributed by atoms with Gasteiger partial charge in [0.05, 0.1) is 5.69 Å². The van der Waals surface area contributed by atoms with Gasteiger partial charge in [-0.05, 0) is 104 Å². The quantitative estimate of drug-likeness (QED) is 0.184. The van der Waals surface area contributed by atoms with Crippen LogP contribution in [0, 0.1) is 0 Å². The number of nitrogens with zero attached hydrogens (tertiary/aromatic N) is 1. The topological polar surface area (TPSA) is 16.4 Å². The Morgan fingerprint density at radius 2 is 1.06 bits per heavy atom. The van der Waals surface area contributed by atoms with E-state index >= 15 is 0 Å². The molecule has 0 N–H and O–H groups in total. The van der Waals surface area contributed by atoms with Crippen LogP contribution < -0.4 is 4.90 Å². The van der Waals surface area contributed by atoms with Crippen LogP contribution in [0.2, 0.25) is 0 Å². The normalized spacial score (nSPS) is 13.1. The second kappa shape index (κ2) is 11.3. The number of rotatable bonds is 5. The summed E-state index contributed by atoms with van der Waals surface area (Å²) in [5.74, 6) is 0. The fraction of sp³-hybridized carbons (Fsp3) is 0.0612. The summed E-state index contributed by atoms with van der Waals surface area (Å²) in [7, 11) is 0. The molecule has 2 heteroatoms. The van der Waals surface area contributed by atoms with Gasteiger partial charge in [0.25, 0.3) is 0 Å². The summed E-state index contributed by atoms with van der Waals surface area (Å²) in [6, 6.07) is 63.8. The minimum absolute atomic E-state index is 0.0725. The third kappa shape index (κ3) is 4.64. The van der Waals surface area contributed by atoms with E-state index in [0.717, 1.165) is 39.0 Å². The van der Waals surface area contributed by atoms with E-state index in [2.05, 4.69) is 183 Å². The minimum atomic E-state index is -0.0725. The van der Waals surface area contributed by atoms with E-state index < -0.39 is 0 Å². The first-order chi connectivity index (χ1) is 25.0. The van der Waals surface area contributed by atoms with Gasteiger partial charge >= 0.3 is 0 Å². The summed E-state index contributed by atoms with van der Waals surface area (Å²) in [5.41, 5.74) is 15.2. The number of furan rings is 1. The van der Waals surface area contributed by atoms with Gasteiger partial charge in [0.2, 0.25) is 0 Å². The number of hydrogen-bond donors (Lipinski definition) is 0. The molecule has 242 valence electrons. The molecule has 51 heavy (non-hydrogen) atoms. The molecule has 0 fully saturated rings. The van der Waals surface area contributed by atoms with Crippen molar-refractivity contribution in [2.75, 3.05) is 4.90 Å². The van der Waals surface area contributed by atoms with Gasteiger partial charge in [-0.15, -0.1) is 0 Å². The molecule has 0 amide bonds. The lowest BCUT2D eigenvalue weighted by molar-refractivity contribution is 0.661. The number of benzene rings is 8. The fourth-order valence-corrected chi connectivity index (χ4v) is 8.34. The summed E-state index contributed by atoms with van der Waals surface area (Å²) >= 11 is 0. The highest BCUT2D eigenvalue weighted by molar-refractivity contribution is 6.07. The molecule has 1 heterocycles. The van der Waals surface area contributed by atoms with Crippen molar-refractivity contribution in [3.8, 4) is 33.4 Å². The fourth-order valence-electron chi connectivity index (χ4n) is 8.34. The molecule has 10 rings (SSSR count). The van der Waals surface area contributed by atoms with Gasteiger partial charge in [0.15, 0.2) is 0 Å². The van der Waals surface area contributed by atoms with Gasteiger partial charge in [0, 0.05) is 33.1 Å². The van der Waals surface area contributed by atoms with E-state index in [-0.39, 0.29) is 5.41 Å². The van der Waals surface area contributed by atoms with Gasteiger partial charge in [0.1, 0.15) is 11.2 Å². The van der Waals surface area contributed by atoms with Crippen molar-refractivity contribution in [2.24, 2.45) is 0 Å². The van der Waals surface area contributed by atoms with E-state index in [9.17, 15) is 0 Å². The molecule has 0 saturated carbocycles. The Hall–Kier alpha value is -6.38. The predicted molar refractivity (Wildman–Crippen MR) is 214 cm³/mol. The molecular formula is C49H35NO. The van der Waals surface area contributed by atoms with Crippen LogP contribution in [0.4, 0.5) is 17.1 Å². The van der Waals surface area contributed by atoms with Crippen LogP contribution in [0.1, 0.15) is 25.0 Å². The first kappa shape index (κ1) is 29.5. The Morgan fingerprint density at radius 1 is 0.412 bits per heavy atom. The third-order valence-electron chi connectivity index (χ3n) is 10.8. The standard InChI is InChI=1S/C49H35NO/c1-49(2)44-21-11-8-18-39(44)42-29-33-24-25-35(28-34(33)30-45(42)49)50(36-26-27-48-43(31-36)41-20-10-13-23-47(41)51-48)46-22-12-9-19-40(46)38-17-7-6-16-37(38)32-14-4-3-5-15-32/h3-31H,1-2H3. The van der Waals surface area contributed by atoms with Gasteiger partial charge in [-0.3, -0.25) is 0 Å². The highest BCUT2D eigenvalue weighted by Gasteiger charge is 2.35. The maximum atomic E-state index is 6.28. The zero-order valence-corrected chi connectivity index (χ0v) is 28.6. The Labute approximate surface area is 297 Å². The van der Waals surface area contributed by atoms with Crippen LogP contribution in [-0.4, -0.2) is 0 Å². The van der Waals surface area contributed by atoms with Crippen molar-refractivity contribution in [3.05, 3.63) is 187 Å². The molecule has 2 nitrogen and oxygen atoms in total. The Bertz CT molecular complexity index is 2790. The van der Waals surface area contributed by atoms with E-state index in [1.54, 1.807) is 0 Å². The number of anilines is 3. The van der Waals surface area contributed by atoms with Crippen molar-refractivity contribution in [1.82, 2.24) is 0 Å². The molecule has 1 aliphatic carbocycles. The summed E-state index contributed by atoms with van der Waals surface area (Å²) in [6.45, 7) is 4.70. The monoisotopic (exact) mass is 653 g/mol. The average Bonchev–Trinajstić information content (AvgIpc) is 3.66. The van der Waals surface area contributed by atoms with Crippen LogP contribution in [0.15, 0.2) is 180 Å². The highest BCUT2D eigenvalue weighted by atomic mass is 16.3. The maximum absolute atomic E-state index is 6.28. The van der Waals surface area contributed by atoms with Gasteiger partial charge in [-0.25, -0.2) is 0 Å². The second-order valence-electron chi connectivity index (χ2n) is 14.1. The summed E-state index contributed by atoms with van der Waals surface area (Å²) in [6.07, 6.45) is 0. The van der Waals surface area contributed by atoms with Crippen molar-refractivity contribution >= 4 is 49.8 Å². The molecule has 0 bridgehead atoms. The molecule has 0 spiro atoms. The van der Waals surface area contributed by atoms with Crippen molar-refractivity contribution in [1.29, 1.82) is 0 Å². The van der Waals surface area contributed by atoms with Crippen LogP contribution >= 0.6 is 0 Å². The largest absolute Gasteiger partial charge is 0.456 e. The number of fused-ring (bicyclic) bond motifs is 7. The Morgan fingerprint density at radius 3 is 1.92 bits per heavy atom. The van der Waals surface area contributed by atoms with E-state index in [0.29, 0.717) is 0 Å². The molecule has 0 radical (unpaired) electrons. The Balaban J connectivity index is 1.21. The van der Waals surface area contributed by atoms with Crippen LogP contribution in [0.25, 0.3) is 66.1 Å². The predicted octanol–water partition coefficient (Wildman–Crippen LogP) is 13.8. The smallest absolute Gasteiger partial charge is 0.135 e. The molecule has 1 aromatic heterocycles. The van der Waals surface area contributed by atoms with Crippen molar-refractivity contribution < 1.29 is 4.42 Å². The molecule has 0 aliphatic heterocycles. The Kier molecular flexibility index (Phi) is 6.56. The van der Waals surface area contributed by atoms with Gasteiger partial charge in [-0.1, -0.05) is 135 Å². The summed E-state index contributed by atoms with van der Waals surface area (Å²) in [4.78, 5) is 2.42. The van der Waals surface area contributed by atoms with Crippen molar-refractivity contribution in [2.45, 2.75) is 19.3 Å². The first-order valence-electron chi connectivity index (χ1n) is 17.7. The third-order valence-corrected chi connectivity index (χ3v) is 10.8. The number of para-hydroxylation sites is 2. The molecule has 8 aromatic carbocycles. The highest BCUT2D eigenvalue weighted by Crippen LogP contribution is 2.51. The molecule has 9 aromatic rings. The molecular weight excluding hydrogens is 619 g/mol. The zero-order chi connectivity index (χ0) is 34.1. The van der Waals surface area contributed by atoms with Crippen molar-refractivity contribution in [3.63, 3.8) is 0 Å². The zero-order valence-electron chi connectivity index (χ0n) is 28.6. The van der Waals surface area contributed by atoms with Crippen LogP contribution in [0.5, 0.6) is 0 Å². The van der Waals surface area contributed by atoms with E-state index in [1.807, 2.05) is 12.1 Å². The maximum Gasteiger partial charge on any atom is 0.135 e. The lowest BCUT2D eigenvalue weighted by atomic mass is 9.82. The molecule has 1 aliphatic rings. The van der Waals surface area contributed by atoms with E-state index in [4.69, 9.17) is 4.42 Å². The molecule has 0 atom stereocenters. The lowest BCUT2D eigenvalue weighted by Crippen LogP contribution is -2.15. The summed E-state index contributed by atoms with van der Waals surface area (Å²) in [5, 5.41) is 4.69. The average molecular weight is 654 g/mol. The lowest BCUT2D eigenvalue weighted by Gasteiger charge is -2.29. The van der Waals surface area contributed by atoms with Gasteiger partial charge in [-0.2, -0.15) is 0 Å². The second-order valence-corrected chi connectivity index (χ2v) is 14.1. The van der Waals surface area contributed by atoms with Crippen LogP contribution in [-0.2, 0) is 5.41 Å². The molecule has 0 saturated heterocycles. The molecule has 0 unspecified atom stereocenters. The first-order valence-corrected chi connectivity index (χ1v) is 17.7. The SMILES string of the molecule is CC1(C)c2ccccc2-c2cc3ccc(N(c4ccc5oc6ccccc6c5c4)c4ccccc4-c4ccccc4-c4ccccc4)cc3cc21. The summed E-state index contributed by atoms with van der Waals surface area (Å²) < 4.78 is 6.28. The number of hydrogen-bond acceptors (Lipinski definition) is 2. The van der Waals surface area contributed by atoms with Gasteiger partial charge < -0.3 is 9.32 Å². The minimum Gasteiger partial charge on any atom is -0.456 e.